The average Bonchev–Trinajstić information content (AvgIpc) is 2.47. The maximum Gasteiger partial charge on any atom is 0.244 e. The van der Waals surface area contributed by atoms with Gasteiger partial charge in [0.15, 0.2) is 9.84 Å². The lowest BCUT2D eigenvalue weighted by atomic mass is 9.82. The molecule has 0 aromatic heterocycles. The molecule has 1 aliphatic carbocycles. The van der Waals surface area contributed by atoms with Crippen LogP contribution in [0, 0.1) is 0 Å². The lowest BCUT2D eigenvalue weighted by Crippen LogP contribution is -2.52. The number of sulfone groups is 1. The predicted molar refractivity (Wildman–Crippen MR) is 100 cm³/mol. The molecule has 0 aliphatic heterocycles. The van der Waals surface area contributed by atoms with E-state index in [1.54, 1.807) is 38.1 Å². The van der Waals surface area contributed by atoms with E-state index in [0.29, 0.717) is 24.1 Å². The van der Waals surface area contributed by atoms with Gasteiger partial charge in [-0.1, -0.05) is 31.4 Å². The van der Waals surface area contributed by atoms with Crippen molar-refractivity contribution in [1.29, 1.82) is 0 Å². The highest BCUT2D eigenvalue weighted by atomic mass is 35.5. The van der Waals surface area contributed by atoms with E-state index >= 15 is 0 Å². The predicted octanol–water partition coefficient (Wildman–Crippen LogP) is 3.03. The first-order chi connectivity index (χ1) is 10.7. The lowest BCUT2D eigenvalue weighted by Gasteiger charge is -2.31. The number of amides is 1. The third-order valence-electron chi connectivity index (χ3n) is 4.47. The summed E-state index contributed by atoms with van der Waals surface area (Å²) in [4.78, 5) is 12.4. The van der Waals surface area contributed by atoms with Gasteiger partial charge in [0.1, 0.15) is 0 Å². The van der Waals surface area contributed by atoms with E-state index in [1.807, 2.05) is 0 Å². The Hall–Kier alpha value is -1.11. The van der Waals surface area contributed by atoms with Crippen molar-refractivity contribution in [3.05, 3.63) is 29.8 Å². The van der Waals surface area contributed by atoms with Crippen LogP contribution < -0.4 is 11.1 Å². The van der Waals surface area contributed by atoms with Gasteiger partial charge in [0.2, 0.25) is 5.91 Å². The van der Waals surface area contributed by atoms with Crippen LogP contribution in [-0.2, 0) is 20.4 Å². The maximum atomic E-state index is 12.4. The first-order valence-electron chi connectivity index (χ1n) is 8.14. The van der Waals surface area contributed by atoms with Crippen LogP contribution in [0.5, 0.6) is 0 Å². The summed E-state index contributed by atoms with van der Waals surface area (Å²) < 4.78 is 24.0. The number of carbonyl (C=O) groups is 1. The highest BCUT2D eigenvalue weighted by molar-refractivity contribution is 7.91. The molecule has 0 radical (unpaired) electrons. The van der Waals surface area contributed by atoms with Gasteiger partial charge in [0, 0.05) is 5.69 Å². The van der Waals surface area contributed by atoms with Crippen LogP contribution in [0.25, 0.3) is 0 Å². The minimum absolute atomic E-state index is 0. The van der Waals surface area contributed by atoms with E-state index in [-0.39, 0.29) is 24.1 Å². The van der Waals surface area contributed by atoms with Gasteiger partial charge < -0.3 is 11.1 Å². The summed E-state index contributed by atoms with van der Waals surface area (Å²) >= 11 is 0. The number of carbonyl (C=O) groups excluding carboxylic acids is 1. The molecular formula is C17H27ClN2O3S. The summed E-state index contributed by atoms with van der Waals surface area (Å²) in [6.45, 7) is 3.34. The molecule has 136 valence electrons. The van der Waals surface area contributed by atoms with Gasteiger partial charge in [-0.25, -0.2) is 8.42 Å². The number of anilines is 1. The zero-order valence-electron chi connectivity index (χ0n) is 14.2. The Morgan fingerprint density at radius 3 is 2.46 bits per heavy atom. The van der Waals surface area contributed by atoms with Crippen LogP contribution in [0.4, 0.5) is 5.69 Å². The Labute approximate surface area is 150 Å². The van der Waals surface area contributed by atoms with Crippen molar-refractivity contribution >= 4 is 33.8 Å². The van der Waals surface area contributed by atoms with Gasteiger partial charge in [-0.05, 0) is 44.4 Å². The minimum Gasteiger partial charge on any atom is -0.324 e. The second-order valence-corrected chi connectivity index (χ2v) is 9.28. The smallest absolute Gasteiger partial charge is 0.244 e. The molecule has 1 fully saturated rings. The highest BCUT2D eigenvalue weighted by Crippen LogP contribution is 2.27. The summed E-state index contributed by atoms with van der Waals surface area (Å²) in [5, 5.41) is 2.43. The van der Waals surface area contributed by atoms with Gasteiger partial charge in [-0.15, -0.1) is 12.4 Å². The third-order valence-corrected chi connectivity index (χ3v) is 6.64. The Kier molecular flexibility index (Phi) is 7.25. The molecule has 1 aromatic carbocycles. The molecule has 1 saturated carbocycles. The molecule has 1 amide bonds. The van der Waals surface area contributed by atoms with Crippen LogP contribution >= 0.6 is 12.4 Å². The normalized spacial score (nSPS) is 17.2. The lowest BCUT2D eigenvalue weighted by molar-refractivity contribution is -0.122. The van der Waals surface area contributed by atoms with Crippen LogP contribution in [0.1, 0.15) is 51.5 Å². The average molecular weight is 375 g/mol. The van der Waals surface area contributed by atoms with Gasteiger partial charge in [-0.3, -0.25) is 4.79 Å². The van der Waals surface area contributed by atoms with E-state index in [9.17, 15) is 13.2 Å². The summed E-state index contributed by atoms with van der Waals surface area (Å²) in [5.41, 5.74) is 6.69. The van der Waals surface area contributed by atoms with E-state index in [4.69, 9.17) is 5.73 Å². The van der Waals surface area contributed by atoms with Crippen molar-refractivity contribution in [2.75, 3.05) is 5.32 Å². The Bertz CT molecular complexity index is 668. The van der Waals surface area contributed by atoms with E-state index < -0.39 is 20.6 Å². The van der Waals surface area contributed by atoms with E-state index in [0.717, 1.165) is 19.3 Å². The fourth-order valence-electron chi connectivity index (χ4n) is 2.80. The molecule has 0 spiro atoms. The molecule has 5 nitrogen and oxygen atoms in total. The minimum atomic E-state index is -3.17. The molecule has 0 atom stereocenters. The van der Waals surface area contributed by atoms with Crippen LogP contribution in [0.15, 0.2) is 24.3 Å². The number of nitrogens with two attached hydrogens (primary N) is 1. The molecule has 1 aliphatic rings. The van der Waals surface area contributed by atoms with Crippen molar-refractivity contribution < 1.29 is 13.2 Å². The Morgan fingerprint density at radius 2 is 1.88 bits per heavy atom. The fraction of sp³-hybridized carbons (Fsp3) is 0.588. The summed E-state index contributed by atoms with van der Waals surface area (Å²) in [6.07, 6.45) is 4.45. The van der Waals surface area contributed by atoms with E-state index in [2.05, 4.69) is 5.32 Å². The SMILES string of the molecule is CC(C)S(=O)(=O)Cc1cccc(NC(=O)C2(N)CCCCC2)c1.Cl. The molecule has 24 heavy (non-hydrogen) atoms. The van der Waals surface area contributed by atoms with Crippen molar-refractivity contribution in [2.24, 2.45) is 5.73 Å². The third kappa shape index (κ3) is 5.19. The fourth-order valence-corrected chi connectivity index (χ4v) is 3.78. The zero-order chi connectivity index (χ0) is 17.1. The largest absolute Gasteiger partial charge is 0.324 e. The van der Waals surface area contributed by atoms with Crippen molar-refractivity contribution in [2.45, 2.75) is 62.5 Å². The molecule has 3 N–H and O–H groups in total. The molecule has 0 unspecified atom stereocenters. The summed E-state index contributed by atoms with van der Waals surface area (Å²) in [7, 11) is -3.17. The van der Waals surface area contributed by atoms with Gasteiger partial charge in [0.25, 0.3) is 0 Å². The summed E-state index contributed by atoms with van der Waals surface area (Å²) in [6, 6.07) is 6.98. The number of benzene rings is 1. The van der Waals surface area contributed by atoms with Gasteiger partial charge >= 0.3 is 0 Å². The number of hydrogen-bond donors (Lipinski definition) is 2. The zero-order valence-corrected chi connectivity index (χ0v) is 15.9. The van der Waals surface area contributed by atoms with Gasteiger partial charge in [-0.2, -0.15) is 0 Å². The number of rotatable bonds is 5. The molecule has 2 rings (SSSR count). The van der Waals surface area contributed by atoms with Crippen molar-refractivity contribution in [1.82, 2.24) is 0 Å². The van der Waals surface area contributed by atoms with Crippen molar-refractivity contribution in [3.8, 4) is 0 Å². The first kappa shape index (κ1) is 20.9. The first-order valence-corrected chi connectivity index (χ1v) is 9.85. The van der Waals surface area contributed by atoms with E-state index in [1.165, 1.54) is 0 Å². The molecule has 0 heterocycles. The van der Waals surface area contributed by atoms with Crippen LogP contribution in [-0.4, -0.2) is 25.1 Å². The topological polar surface area (TPSA) is 89.3 Å². The monoisotopic (exact) mass is 374 g/mol. The van der Waals surface area contributed by atoms with Crippen molar-refractivity contribution in [3.63, 3.8) is 0 Å². The highest BCUT2D eigenvalue weighted by Gasteiger charge is 2.35. The Morgan fingerprint density at radius 1 is 1.25 bits per heavy atom. The second-order valence-electron chi connectivity index (χ2n) is 6.73. The van der Waals surface area contributed by atoms with Gasteiger partial charge in [0.05, 0.1) is 16.5 Å². The van der Waals surface area contributed by atoms with Crippen LogP contribution in [0.2, 0.25) is 0 Å². The van der Waals surface area contributed by atoms with Crippen LogP contribution in [0.3, 0.4) is 0 Å². The standard InChI is InChI=1S/C17H26N2O3S.ClH/c1-13(2)23(21,22)12-14-7-6-8-15(11-14)19-16(20)17(18)9-4-3-5-10-17;/h6-8,11,13H,3-5,9-10,12,18H2,1-2H3,(H,19,20);1H. The molecule has 7 heteroatoms. The molecule has 0 saturated heterocycles. The number of hydrogen-bond acceptors (Lipinski definition) is 4. The maximum absolute atomic E-state index is 12.4. The quantitative estimate of drug-likeness (QED) is 0.828. The molecule has 0 bridgehead atoms. The number of nitrogens with one attached hydrogen (secondary N) is 1. The Balaban J connectivity index is 0.00000288. The summed E-state index contributed by atoms with van der Waals surface area (Å²) in [5.74, 6) is -0.205. The molecular weight excluding hydrogens is 348 g/mol. The number of halogens is 1. The second kappa shape index (κ2) is 8.32. The molecule has 1 aromatic rings.